The van der Waals surface area contributed by atoms with Crippen LogP contribution >= 0.6 is 11.6 Å². The number of aryl methyl sites for hydroxylation is 3. The van der Waals surface area contributed by atoms with Crippen molar-refractivity contribution in [3.63, 3.8) is 0 Å². The zero-order valence-corrected chi connectivity index (χ0v) is 26.2. The number of carbonyl (C=O) groups excluding carboxylic acids is 2. The van der Waals surface area contributed by atoms with Gasteiger partial charge in [-0.15, -0.1) is 0 Å². The van der Waals surface area contributed by atoms with Crippen LogP contribution in [0.15, 0.2) is 71.6 Å². The Balaban J connectivity index is 2.10. The highest BCUT2D eigenvalue weighted by Gasteiger charge is 2.34. The summed E-state index contributed by atoms with van der Waals surface area (Å²) in [5.41, 5.74) is 3.56. The Kier molecular flexibility index (Phi) is 11.0. The van der Waals surface area contributed by atoms with Crippen LogP contribution in [0.4, 0.5) is 5.69 Å². The number of hydrogen-bond acceptors (Lipinski definition) is 4. The van der Waals surface area contributed by atoms with Crippen molar-refractivity contribution in [1.29, 1.82) is 0 Å². The van der Waals surface area contributed by atoms with Gasteiger partial charge < -0.3 is 10.2 Å². The molecule has 3 aromatic carbocycles. The maximum atomic E-state index is 14.2. The lowest BCUT2D eigenvalue weighted by Gasteiger charge is -2.34. The molecule has 3 aromatic rings. The predicted octanol–water partition coefficient (Wildman–Crippen LogP) is 6.04. The molecule has 2 amide bonds. The van der Waals surface area contributed by atoms with E-state index in [1.807, 2.05) is 59.7 Å². The molecule has 41 heavy (non-hydrogen) atoms. The van der Waals surface area contributed by atoms with Crippen LogP contribution in [0.1, 0.15) is 49.4 Å². The van der Waals surface area contributed by atoms with Gasteiger partial charge in [0.1, 0.15) is 12.6 Å². The molecule has 0 saturated carbocycles. The molecule has 3 rings (SSSR count). The molecule has 0 fully saturated rings. The lowest BCUT2D eigenvalue weighted by atomic mass is 10.1. The topological polar surface area (TPSA) is 86.8 Å². The quantitative estimate of drug-likeness (QED) is 0.276. The molecule has 0 aliphatic heterocycles. The summed E-state index contributed by atoms with van der Waals surface area (Å²) in [5, 5.41) is 3.39. The molecule has 220 valence electrons. The Bertz CT molecular complexity index is 1470. The molecule has 0 saturated heterocycles. The predicted molar refractivity (Wildman–Crippen MR) is 166 cm³/mol. The van der Waals surface area contributed by atoms with Gasteiger partial charge in [0.15, 0.2) is 0 Å². The Labute approximate surface area is 249 Å². The van der Waals surface area contributed by atoms with Gasteiger partial charge in [0, 0.05) is 18.1 Å². The van der Waals surface area contributed by atoms with Gasteiger partial charge in [0.25, 0.3) is 10.0 Å². The van der Waals surface area contributed by atoms with Gasteiger partial charge in [-0.05, 0) is 74.1 Å². The van der Waals surface area contributed by atoms with Crippen LogP contribution in [0.25, 0.3) is 0 Å². The van der Waals surface area contributed by atoms with E-state index < -0.39 is 28.5 Å². The molecule has 0 aromatic heterocycles. The number of amides is 2. The first-order chi connectivity index (χ1) is 19.3. The molecule has 1 atom stereocenters. The van der Waals surface area contributed by atoms with Crippen LogP contribution in [-0.4, -0.2) is 44.3 Å². The number of benzene rings is 3. The first-order valence-corrected chi connectivity index (χ1v) is 15.6. The standard InChI is InChI=1S/C32H40ClN3O4S/c1-7-29(32(38)34-19-22(2)3)35(20-26-10-8-9-11-28(26)33)31(37)21-36(30-18-24(5)12-15-25(30)6)41(39,40)27-16-13-23(4)14-17-27/h8-18,22,29H,7,19-21H2,1-6H3,(H,34,38)/t29-/m1/s1. The number of nitrogens with zero attached hydrogens (tertiary/aromatic N) is 2. The number of carbonyl (C=O) groups is 2. The SMILES string of the molecule is CC[C@H](C(=O)NCC(C)C)N(Cc1ccccc1Cl)C(=O)CN(c1cc(C)ccc1C)S(=O)(=O)c1ccc(C)cc1. The van der Waals surface area contributed by atoms with E-state index in [1.165, 1.54) is 4.90 Å². The largest absolute Gasteiger partial charge is 0.354 e. The minimum Gasteiger partial charge on any atom is -0.354 e. The summed E-state index contributed by atoms with van der Waals surface area (Å²) in [6.07, 6.45) is 0.342. The van der Waals surface area contributed by atoms with E-state index in [0.29, 0.717) is 34.8 Å². The molecule has 0 spiro atoms. The van der Waals surface area contributed by atoms with Crippen molar-refractivity contribution >= 4 is 39.1 Å². The first kappa shape index (κ1) is 32.2. The monoisotopic (exact) mass is 597 g/mol. The van der Waals surface area contributed by atoms with Gasteiger partial charge >= 0.3 is 0 Å². The molecule has 7 nitrogen and oxygen atoms in total. The molecule has 9 heteroatoms. The fraction of sp³-hybridized carbons (Fsp3) is 0.375. The van der Waals surface area contributed by atoms with E-state index in [9.17, 15) is 18.0 Å². The second-order valence-electron chi connectivity index (χ2n) is 10.8. The third kappa shape index (κ3) is 8.11. The highest BCUT2D eigenvalue weighted by molar-refractivity contribution is 7.92. The average Bonchev–Trinajstić information content (AvgIpc) is 2.93. The lowest BCUT2D eigenvalue weighted by molar-refractivity contribution is -0.140. The van der Waals surface area contributed by atoms with E-state index in [-0.39, 0.29) is 23.3 Å². The second kappa shape index (κ2) is 14.0. The summed E-state index contributed by atoms with van der Waals surface area (Å²) < 4.78 is 29.3. The van der Waals surface area contributed by atoms with Crippen molar-refractivity contribution in [3.05, 3.63) is 94.0 Å². The molecular formula is C32H40ClN3O4S. The van der Waals surface area contributed by atoms with E-state index in [1.54, 1.807) is 48.5 Å². The van der Waals surface area contributed by atoms with Crippen molar-refractivity contribution in [2.45, 2.75) is 65.4 Å². The van der Waals surface area contributed by atoms with Gasteiger partial charge in [-0.25, -0.2) is 8.42 Å². The highest BCUT2D eigenvalue weighted by atomic mass is 35.5. The lowest BCUT2D eigenvalue weighted by Crippen LogP contribution is -2.52. The molecule has 0 aliphatic rings. The van der Waals surface area contributed by atoms with Crippen molar-refractivity contribution in [1.82, 2.24) is 10.2 Å². The van der Waals surface area contributed by atoms with E-state index >= 15 is 0 Å². The molecule has 1 N–H and O–H groups in total. The Hall–Kier alpha value is -3.36. The van der Waals surface area contributed by atoms with Crippen LogP contribution in [0.2, 0.25) is 5.02 Å². The van der Waals surface area contributed by atoms with Crippen LogP contribution in [0.5, 0.6) is 0 Å². The van der Waals surface area contributed by atoms with Gasteiger partial charge in [0.2, 0.25) is 11.8 Å². The zero-order valence-electron chi connectivity index (χ0n) is 24.6. The molecule has 0 aliphatic carbocycles. The molecular weight excluding hydrogens is 558 g/mol. The molecule has 0 heterocycles. The number of nitrogens with one attached hydrogen (secondary N) is 1. The summed E-state index contributed by atoms with van der Waals surface area (Å²) in [6, 6.07) is 18.4. The third-order valence-electron chi connectivity index (χ3n) is 6.89. The maximum Gasteiger partial charge on any atom is 0.264 e. The maximum absolute atomic E-state index is 14.2. The fourth-order valence-electron chi connectivity index (χ4n) is 4.49. The normalized spacial score (nSPS) is 12.2. The van der Waals surface area contributed by atoms with Crippen molar-refractivity contribution < 1.29 is 18.0 Å². The smallest absolute Gasteiger partial charge is 0.264 e. The van der Waals surface area contributed by atoms with E-state index in [4.69, 9.17) is 11.6 Å². The summed E-state index contributed by atoms with van der Waals surface area (Å²) in [7, 11) is -4.13. The Morgan fingerprint density at radius 1 is 0.927 bits per heavy atom. The fourth-order valence-corrected chi connectivity index (χ4v) is 6.16. The number of anilines is 1. The zero-order chi connectivity index (χ0) is 30.3. The minimum absolute atomic E-state index is 0.0529. The highest BCUT2D eigenvalue weighted by Crippen LogP contribution is 2.29. The summed E-state index contributed by atoms with van der Waals surface area (Å²) in [6.45, 7) is 11.4. The molecule has 0 radical (unpaired) electrons. The van der Waals surface area contributed by atoms with Gasteiger partial charge in [-0.3, -0.25) is 13.9 Å². The van der Waals surface area contributed by atoms with Gasteiger partial charge in [-0.2, -0.15) is 0 Å². The van der Waals surface area contributed by atoms with Crippen molar-refractivity contribution in [3.8, 4) is 0 Å². The second-order valence-corrected chi connectivity index (χ2v) is 13.1. The van der Waals surface area contributed by atoms with Gasteiger partial charge in [0.05, 0.1) is 10.6 Å². The average molecular weight is 598 g/mol. The first-order valence-electron chi connectivity index (χ1n) is 13.8. The molecule has 0 bridgehead atoms. The summed E-state index contributed by atoms with van der Waals surface area (Å²) in [4.78, 5) is 29.1. The van der Waals surface area contributed by atoms with Crippen LogP contribution < -0.4 is 9.62 Å². The number of halogens is 1. The number of rotatable bonds is 12. The Morgan fingerprint density at radius 2 is 1.56 bits per heavy atom. The molecule has 0 unspecified atom stereocenters. The Morgan fingerprint density at radius 3 is 2.17 bits per heavy atom. The van der Waals surface area contributed by atoms with Crippen molar-refractivity contribution in [2.24, 2.45) is 5.92 Å². The van der Waals surface area contributed by atoms with Gasteiger partial charge in [-0.1, -0.05) is 80.4 Å². The van der Waals surface area contributed by atoms with E-state index in [2.05, 4.69) is 5.32 Å². The third-order valence-corrected chi connectivity index (χ3v) is 9.03. The van der Waals surface area contributed by atoms with Crippen molar-refractivity contribution in [2.75, 3.05) is 17.4 Å². The van der Waals surface area contributed by atoms with E-state index in [0.717, 1.165) is 15.4 Å². The minimum atomic E-state index is -4.13. The van der Waals surface area contributed by atoms with Crippen LogP contribution in [0.3, 0.4) is 0 Å². The number of hydrogen-bond donors (Lipinski definition) is 1. The number of sulfonamides is 1. The van der Waals surface area contributed by atoms with Crippen LogP contribution in [0, 0.1) is 26.7 Å². The summed E-state index contributed by atoms with van der Waals surface area (Å²) >= 11 is 6.46. The van der Waals surface area contributed by atoms with Crippen LogP contribution in [-0.2, 0) is 26.2 Å². The summed E-state index contributed by atoms with van der Waals surface area (Å²) in [5.74, 6) is -0.571.